The van der Waals surface area contributed by atoms with Crippen LogP contribution in [0.25, 0.3) is 0 Å². The molecule has 0 spiro atoms. The zero-order valence-corrected chi connectivity index (χ0v) is 12.3. The Labute approximate surface area is 125 Å². The summed E-state index contributed by atoms with van der Waals surface area (Å²) in [6.45, 7) is 0.317. The molecule has 0 aliphatic heterocycles. The van der Waals surface area contributed by atoms with Crippen LogP contribution in [0, 0.1) is 0 Å². The van der Waals surface area contributed by atoms with E-state index in [9.17, 15) is 9.90 Å². The van der Waals surface area contributed by atoms with Gasteiger partial charge in [-0.1, -0.05) is 31.4 Å². The summed E-state index contributed by atoms with van der Waals surface area (Å²) >= 11 is 0. The molecule has 116 valence electrons. The molecule has 1 aromatic carbocycles. The second kappa shape index (κ2) is 7.88. The molecule has 0 atom stereocenters. The van der Waals surface area contributed by atoms with Gasteiger partial charge in [-0.25, -0.2) is 0 Å². The summed E-state index contributed by atoms with van der Waals surface area (Å²) in [5, 5.41) is 9.19. The Kier molecular flexibility index (Phi) is 5.87. The lowest BCUT2D eigenvalue weighted by Gasteiger charge is -2.34. The number of hydrogen-bond donors (Lipinski definition) is 2. The van der Waals surface area contributed by atoms with Gasteiger partial charge in [-0.2, -0.15) is 0 Å². The van der Waals surface area contributed by atoms with Gasteiger partial charge in [0, 0.05) is 12.6 Å². The van der Waals surface area contributed by atoms with Crippen molar-refractivity contribution in [3.8, 4) is 5.75 Å². The first-order valence-corrected chi connectivity index (χ1v) is 7.60. The summed E-state index contributed by atoms with van der Waals surface area (Å²) in [5.41, 5.74) is 6.32. The lowest BCUT2D eigenvalue weighted by Crippen LogP contribution is -2.45. The van der Waals surface area contributed by atoms with E-state index in [4.69, 9.17) is 10.5 Å². The first-order valence-electron chi connectivity index (χ1n) is 7.60. The minimum atomic E-state index is -0.0841. The molecule has 1 aromatic rings. The van der Waals surface area contributed by atoms with Crippen LogP contribution >= 0.6 is 0 Å². The summed E-state index contributed by atoms with van der Waals surface area (Å²) < 4.78 is 5.52. The Balaban J connectivity index is 1.93. The van der Waals surface area contributed by atoms with Gasteiger partial charge in [0.2, 0.25) is 0 Å². The van der Waals surface area contributed by atoms with Gasteiger partial charge >= 0.3 is 0 Å². The number of nitrogen functional groups attached to an aromatic ring is 1. The minimum absolute atomic E-state index is 0.0181. The van der Waals surface area contributed by atoms with Crippen LogP contribution in [0.5, 0.6) is 5.75 Å². The van der Waals surface area contributed by atoms with E-state index in [0.717, 1.165) is 25.7 Å². The molecule has 0 radical (unpaired) electrons. The number of hydrogen-bond acceptors (Lipinski definition) is 4. The first kappa shape index (κ1) is 15.6. The van der Waals surface area contributed by atoms with Gasteiger partial charge in [0.25, 0.3) is 5.91 Å². The number of nitrogens with zero attached hydrogens (tertiary/aromatic N) is 1. The summed E-state index contributed by atoms with van der Waals surface area (Å²) in [4.78, 5) is 14.1. The normalized spacial score (nSPS) is 15.7. The van der Waals surface area contributed by atoms with E-state index in [1.165, 1.54) is 6.42 Å². The van der Waals surface area contributed by atoms with Crippen LogP contribution in [0.1, 0.15) is 32.1 Å². The van der Waals surface area contributed by atoms with Crippen molar-refractivity contribution in [2.75, 3.05) is 25.5 Å². The minimum Gasteiger partial charge on any atom is -0.482 e. The second-order valence-corrected chi connectivity index (χ2v) is 5.43. The number of nitrogens with two attached hydrogens (primary N) is 1. The predicted octanol–water partition coefficient (Wildman–Crippen LogP) is 1.80. The van der Waals surface area contributed by atoms with Gasteiger partial charge < -0.3 is 20.5 Å². The van der Waals surface area contributed by atoms with Gasteiger partial charge in [-0.05, 0) is 25.0 Å². The van der Waals surface area contributed by atoms with E-state index in [-0.39, 0.29) is 25.2 Å². The van der Waals surface area contributed by atoms with Crippen molar-refractivity contribution in [3.63, 3.8) is 0 Å². The van der Waals surface area contributed by atoms with Crippen LogP contribution in [0.3, 0.4) is 0 Å². The average Bonchev–Trinajstić information content (AvgIpc) is 2.52. The maximum atomic E-state index is 12.4. The van der Waals surface area contributed by atoms with E-state index in [1.807, 2.05) is 12.1 Å². The van der Waals surface area contributed by atoms with E-state index >= 15 is 0 Å². The van der Waals surface area contributed by atoms with Crippen molar-refractivity contribution in [3.05, 3.63) is 24.3 Å². The molecule has 1 aliphatic carbocycles. The summed E-state index contributed by atoms with van der Waals surface area (Å²) in [5.74, 6) is 0.442. The van der Waals surface area contributed by atoms with E-state index in [1.54, 1.807) is 17.0 Å². The Bertz CT molecular complexity index is 459. The number of carbonyl (C=O) groups is 1. The second-order valence-electron chi connectivity index (χ2n) is 5.43. The molecule has 1 saturated carbocycles. The lowest BCUT2D eigenvalue weighted by molar-refractivity contribution is -0.137. The Morgan fingerprint density at radius 3 is 2.67 bits per heavy atom. The maximum absolute atomic E-state index is 12.4. The maximum Gasteiger partial charge on any atom is 0.260 e. The molecule has 1 fully saturated rings. The van der Waals surface area contributed by atoms with Crippen LogP contribution in [-0.2, 0) is 4.79 Å². The zero-order chi connectivity index (χ0) is 15.1. The van der Waals surface area contributed by atoms with Crippen LogP contribution in [0.15, 0.2) is 24.3 Å². The monoisotopic (exact) mass is 292 g/mol. The van der Waals surface area contributed by atoms with Crippen molar-refractivity contribution in [2.24, 2.45) is 0 Å². The molecule has 0 aromatic heterocycles. The predicted molar refractivity (Wildman–Crippen MR) is 82.0 cm³/mol. The van der Waals surface area contributed by atoms with Gasteiger partial charge in [0.15, 0.2) is 6.61 Å². The Morgan fingerprint density at radius 2 is 2.00 bits per heavy atom. The van der Waals surface area contributed by atoms with Crippen molar-refractivity contribution < 1.29 is 14.6 Å². The molecular weight excluding hydrogens is 268 g/mol. The number of benzene rings is 1. The third-order valence-electron chi connectivity index (χ3n) is 3.95. The van der Waals surface area contributed by atoms with Crippen LogP contribution in [0.2, 0.25) is 0 Å². The Morgan fingerprint density at radius 1 is 1.29 bits per heavy atom. The van der Waals surface area contributed by atoms with E-state index in [2.05, 4.69) is 0 Å². The highest BCUT2D eigenvalue weighted by molar-refractivity contribution is 5.78. The van der Waals surface area contributed by atoms with E-state index < -0.39 is 0 Å². The molecule has 5 nitrogen and oxygen atoms in total. The van der Waals surface area contributed by atoms with Gasteiger partial charge in [-0.15, -0.1) is 0 Å². The largest absolute Gasteiger partial charge is 0.482 e. The first-order chi connectivity index (χ1) is 10.2. The number of para-hydroxylation sites is 2. The molecule has 1 amide bonds. The fourth-order valence-corrected chi connectivity index (χ4v) is 2.85. The number of amides is 1. The Hall–Kier alpha value is -1.75. The van der Waals surface area contributed by atoms with E-state index in [0.29, 0.717) is 18.0 Å². The average molecular weight is 292 g/mol. The smallest absolute Gasteiger partial charge is 0.260 e. The number of rotatable bonds is 6. The highest BCUT2D eigenvalue weighted by Crippen LogP contribution is 2.23. The van der Waals surface area contributed by atoms with Crippen molar-refractivity contribution >= 4 is 11.6 Å². The fourth-order valence-electron chi connectivity index (χ4n) is 2.85. The number of anilines is 1. The summed E-state index contributed by atoms with van der Waals surface area (Å²) in [6.07, 6.45) is 5.55. The standard InChI is InChI=1S/C16H24N2O3/c17-14-8-4-5-9-15(14)21-12-16(20)18(10-11-19)13-6-2-1-3-7-13/h4-5,8-9,13,19H,1-3,6-7,10-12,17H2. The zero-order valence-electron chi connectivity index (χ0n) is 12.3. The SMILES string of the molecule is Nc1ccccc1OCC(=O)N(CCO)C1CCCCC1. The highest BCUT2D eigenvalue weighted by Gasteiger charge is 2.25. The molecule has 2 rings (SSSR count). The van der Waals surface area contributed by atoms with Crippen molar-refractivity contribution in [1.29, 1.82) is 0 Å². The van der Waals surface area contributed by atoms with Crippen molar-refractivity contribution in [1.82, 2.24) is 4.90 Å². The molecule has 5 heteroatoms. The number of ether oxygens (including phenoxy) is 1. The molecule has 0 unspecified atom stereocenters. The number of carbonyl (C=O) groups excluding carboxylic acids is 1. The quantitative estimate of drug-likeness (QED) is 0.784. The lowest BCUT2D eigenvalue weighted by atomic mass is 9.94. The molecule has 21 heavy (non-hydrogen) atoms. The summed E-state index contributed by atoms with van der Waals surface area (Å²) in [7, 11) is 0. The topological polar surface area (TPSA) is 75.8 Å². The summed E-state index contributed by atoms with van der Waals surface area (Å²) in [6, 6.07) is 7.37. The number of aliphatic hydroxyl groups excluding tert-OH is 1. The molecule has 0 bridgehead atoms. The van der Waals surface area contributed by atoms with Crippen LogP contribution in [0.4, 0.5) is 5.69 Å². The fraction of sp³-hybridized carbons (Fsp3) is 0.562. The van der Waals surface area contributed by atoms with Gasteiger partial charge in [0.1, 0.15) is 5.75 Å². The van der Waals surface area contributed by atoms with Gasteiger partial charge in [-0.3, -0.25) is 4.79 Å². The third kappa shape index (κ3) is 4.36. The van der Waals surface area contributed by atoms with Crippen LogP contribution < -0.4 is 10.5 Å². The van der Waals surface area contributed by atoms with Gasteiger partial charge in [0.05, 0.1) is 12.3 Å². The highest BCUT2D eigenvalue weighted by atomic mass is 16.5. The molecule has 0 heterocycles. The molecule has 1 aliphatic rings. The third-order valence-corrected chi connectivity index (χ3v) is 3.95. The van der Waals surface area contributed by atoms with Crippen molar-refractivity contribution in [2.45, 2.75) is 38.1 Å². The molecule has 0 saturated heterocycles. The molecule has 3 N–H and O–H groups in total. The van der Waals surface area contributed by atoms with Crippen LogP contribution in [-0.4, -0.2) is 41.7 Å². The number of aliphatic hydroxyl groups is 1. The molecular formula is C16H24N2O3.